The minimum absolute atomic E-state index is 0.141. The van der Waals surface area contributed by atoms with Crippen LogP contribution in [0.15, 0.2) is 84.0 Å². The first-order chi connectivity index (χ1) is 19.2. The fourth-order valence-electron chi connectivity index (χ4n) is 4.36. The number of carbonyl (C=O) groups excluding carboxylic acids is 2. The normalized spacial score (nSPS) is 14.7. The molecule has 0 saturated carbocycles. The van der Waals surface area contributed by atoms with Crippen molar-refractivity contribution in [2.45, 2.75) is 13.3 Å². The molecule has 0 bridgehead atoms. The quantitative estimate of drug-likeness (QED) is 0.246. The lowest BCUT2D eigenvalue weighted by atomic mass is 9.99. The summed E-state index contributed by atoms with van der Waals surface area (Å²) in [4.78, 5) is 39.3. The number of aromatic carboxylic acids is 1. The fourth-order valence-corrected chi connectivity index (χ4v) is 5.62. The average molecular weight is 574 g/mol. The largest absolute Gasteiger partial charge is 0.497 e. The molecule has 1 aliphatic rings. The molecular formula is C30H24ClN3O5S. The van der Waals surface area contributed by atoms with Gasteiger partial charge in [-0.1, -0.05) is 23.7 Å². The number of nitrogens with one attached hydrogen (secondary N) is 1. The predicted molar refractivity (Wildman–Crippen MR) is 157 cm³/mol. The topological polar surface area (TPSA) is 108 Å². The zero-order valence-corrected chi connectivity index (χ0v) is 23.1. The van der Waals surface area contributed by atoms with Gasteiger partial charge >= 0.3 is 5.97 Å². The summed E-state index contributed by atoms with van der Waals surface area (Å²) < 4.78 is 5.22. The molecule has 5 rings (SSSR count). The van der Waals surface area contributed by atoms with Gasteiger partial charge in [0.2, 0.25) is 0 Å². The maximum absolute atomic E-state index is 13.2. The molecule has 1 atom stereocenters. The summed E-state index contributed by atoms with van der Waals surface area (Å²) in [5.74, 6) is -1.34. The van der Waals surface area contributed by atoms with Crippen molar-refractivity contribution >= 4 is 57.8 Å². The van der Waals surface area contributed by atoms with Crippen molar-refractivity contribution in [2.75, 3.05) is 17.4 Å². The molecule has 2 amide bonds. The van der Waals surface area contributed by atoms with Crippen LogP contribution in [0, 0.1) is 5.92 Å². The van der Waals surface area contributed by atoms with Crippen molar-refractivity contribution in [2.24, 2.45) is 11.0 Å². The number of methoxy groups -OCH3 is 1. The standard InChI is InChI=1S/C30H24ClN3O5S/c1-17-24(29(36)34(33-17)21-9-6-18(7-10-21)30(37)38)16-23-11-13-27(40-23)19-8-12-26(31)25(14-19)28(35)32-20-4-3-5-22(15-20)39-2/h3-15,24H,16H2,1-2H3,(H,32,35)(H,37,38). The van der Waals surface area contributed by atoms with Crippen LogP contribution in [-0.4, -0.2) is 35.7 Å². The monoisotopic (exact) mass is 573 g/mol. The predicted octanol–water partition coefficient (Wildman–Crippen LogP) is 6.61. The van der Waals surface area contributed by atoms with Gasteiger partial charge in [-0.2, -0.15) is 5.10 Å². The number of carboxylic acids is 1. The van der Waals surface area contributed by atoms with Gasteiger partial charge in [0.25, 0.3) is 11.8 Å². The van der Waals surface area contributed by atoms with Gasteiger partial charge in [0.1, 0.15) is 5.75 Å². The number of halogens is 1. The molecule has 0 saturated heterocycles. The highest BCUT2D eigenvalue weighted by Gasteiger charge is 2.34. The van der Waals surface area contributed by atoms with Crippen molar-refractivity contribution in [1.29, 1.82) is 0 Å². The van der Waals surface area contributed by atoms with Crippen LogP contribution < -0.4 is 15.1 Å². The number of carboxylic acid groups (broad SMARTS) is 1. The van der Waals surface area contributed by atoms with E-state index in [1.807, 2.05) is 25.1 Å². The second kappa shape index (κ2) is 11.3. The molecule has 0 radical (unpaired) electrons. The summed E-state index contributed by atoms with van der Waals surface area (Å²) in [6, 6.07) is 22.4. The molecule has 10 heteroatoms. The number of anilines is 2. The SMILES string of the molecule is COc1cccc(NC(=O)c2cc(-c3ccc(CC4C(=O)N(c5ccc(C(=O)O)cc5)N=C4C)s3)ccc2Cl)c1. The Morgan fingerprint density at radius 3 is 2.58 bits per heavy atom. The van der Waals surface area contributed by atoms with Crippen molar-refractivity contribution < 1.29 is 24.2 Å². The lowest BCUT2D eigenvalue weighted by molar-refractivity contribution is -0.119. The maximum Gasteiger partial charge on any atom is 0.335 e. The number of thiophene rings is 1. The number of hydrogen-bond acceptors (Lipinski definition) is 6. The van der Waals surface area contributed by atoms with E-state index >= 15 is 0 Å². The Hall–Kier alpha value is -4.47. The number of hydrazone groups is 1. The molecule has 0 fully saturated rings. The second-order valence-electron chi connectivity index (χ2n) is 9.15. The molecule has 3 aromatic carbocycles. The second-order valence-corrected chi connectivity index (χ2v) is 10.7. The molecule has 8 nitrogen and oxygen atoms in total. The van der Waals surface area contributed by atoms with Gasteiger partial charge in [-0.25, -0.2) is 9.80 Å². The number of carbonyl (C=O) groups is 3. The van der Waals surface area contributed by atoms with Crippen molar-refractivity contribution in [3.63, 3.8) is 0 Å². The van der Waals surface area contributed by atoms with Crippen LogP contribution in [0.25, 0.3) is 10.4 Å². The van der Waals surface area contributed by atoms with Crippen LogP contribution in [0.4, 0.5) is 11.4 Å². The number of ether oxygens (including phenoxy) is 1. The number of rotatable bonds is 8. The van der Waals surface area contributed by atoms with Gasteiger partial charge in [-0.15, -0.1) is 11.3 Å². The summed E-state index contributed by atoms with van der Waals surface area (Å²) in [7, 11) is 1.56. The Morgan fingerprint density at radius 1 is 1.07 bits per heavy atom. The zero-order valence-electron chi connectivity index (χ0n) is 21.6. The van der Waals surface area contributed by atoms with E-state index in [1.165, 1.54) is 28.5 Å². The minimum atomic E-state index is -1.03. The molecule has 2 heterocycles. The van der Waals surface area contributed by atoms with Crippen LogP contribution >= 0.6 is 22.9 Å². The van der Waals surface area contributed by atoms with Gasteiger partial charge in [0.05, 0.1) is 34.9 Å². The van der Waals surface area contributed by atoms with E-state index in [1.54, 1.807) is 55.6 Å². The first-order valence-electron chi connectivity index (χ1n) is 12.3. The molecule has 2 N–H and O–H groups in total. The van der Waals surface area contributed by atoms with E-state index in [0.717, 1.165) is 15.3 Å². The number of hydrogen-bond donors (Lipinski definition) is 2. The van der Waals surface area contributed by atoms with Gasteiger partial charge in [0, 0.05) is 27.2 Å². The molecule has 4 aromatic rings. The highest BCUT2D eigenvalue weighted by Crippen LogP contribution is 2.34. The Labute approximate surface area is 239 Å². The van der Waals surface area contributed by atoms with Gasteiger partial charge < -0.3 is 15.2 Å². The van der Waals surface area contributed by atoms with Crippen LogP contribution in [-0.2, 0) is 11.2 Å². The Kier molecular flexibility index (Phi) is 7.68. The third kappa shape index (κ3) is 5.61. The summed E-state index contributed by atoms with van der Waals surface area (Å²) >= 11 is 7.91. The first-order valence-corrected chi connectivity index (χ1v) is 13.5. The number of benzene rings is 3. The van der Waals surface area contributed by atoms with Gasteiger partial charge in [-0.05, 0) is 79.6 Å². The molecule has 1 unspecified atom stereocenters. The molecule has 0 aliphatic carbocycles. The Morgan fingerprint density at radius 2 is 1.85 bits per heavy atom. The van der Waals surface area contributed by atoms with E-state index in [-0.39, 0.29) is 17.4 Å². The van der Waals surface area contributed by atoms with Crippen LogP contribution in [0.5, 0.6) is 5.75 Å². The zero-order chi connectivity index (χ0) is 28.4. The Bertz CT molecular complexity index is 1650. The summed E-state index contributed by atoms with van der Waals surface area (Å²) in [6.45, 7) is 1.81. The van der Waals surface area contributed by atoms with Crippen molar-refractivity contribution in [1.82, 2.24) is 0 Å². The Balaban J connectivity index is 1.30. The van der Waals surface area contributed by atoms with E-state index < -0.39 is 11.9 Å². The first kappa shape index (κ1) is 27.1. The number of nitrogens with zero attached hydrogens (tertiary/aromatic N) is 2. The van der Waals surface area contributed by atoms with E-state index in [2.05, 4.69) is 10.4 Å². The molecule has 0 spiro atoms. The number of amides is 2. The van der Waals surface area contributed by atoms with E-state index in [0.29, 0.717) is 39.8 Å². The highest BCUT2D eigenvalue weighted by atomic mass is 35.5. The van der Waals surface area contributed by atoms with Gasteiger partial charge in [-0.3, -0.25) is 9.59 Å². The summed E-state index contributed by atoms with van der Waals surface area (Å²) in [5.41, 5.74) is 3.11. The molecular weight excluding hydrogens is 550 g/mol. The summed E-state index contributed by atoms with van der Waals surface area (Å²) in [5, 5.41) is 18.1. The van der Waals surface area contributed by atoms with E-state index in [4.69, 9.17) is 21.4 Å². The molecule has 202 valence electrons. The third-order valence-electron chi connectivity index (χ3n) is 6.52. The molecule has 40 heavy (non-hydrogen) atoms. The highest BCUT2D eigenvalue weighted by molar-refractivity contribution is 7.15. The summed E-state index contributed by atoms with van der Waals surface area (Å²) in [6.07, 6.45) is 0.472. The smallest absolute Gasteiger partial charge is 0.335 e. The maximum atomic E-state index is 13.2. The lowest BCUT2D eigenvalue weighted by Gasteiger charge is -2.14. The third-order valence-corrected chi connectivity index (χ3v) is 8.00. The fraction of sp³-hybridized carbons (Fsp3) is 0.133. The average Bonchev–Trinajstić information content (AvgIpc) is 3.53. The van der Waals surface area contributed by atoms with Crippen molar-refractivity contribution in [3.05, 3.63) is 99.9 Å². The lowest BCUT2D eigenvalue weighted by Crippen LogP contribution is -2.28. The van der Waals surface area contributed by atoms with Crippen LogP contribution in [0.3, 0.4) is 0 Å². The van der Waals surface area contributed by atoms with Crippen LogP contribution in [0.1, 0.15) is 32.5 Å². The molecule has 1 aliphatic heterocycles. The molecule has 1 aromatic heterocycles. The van der Waals surface area contributed by atoms with Gasteiger partial charge in [0.15, 0.2) is 0 Å². The van der Waals surface area contributed by atoms with E-state index in [9.17, 15) is 14.4 Å². The van der Waals surface area contributed by atoms with Crippen LogP contribution in [0.2, 0.25) is 5.02 Å². The van der Waals surface area contributed by atoms with Crippen molar-refractivity contribution in [3.8, 4) is 16.2 Å². The minimum Gasteiger partial charge on any atom is -0.497 e.